The van der Waals surface area contributed by atoms with E-state index < -0.39 is 0 Å². The molecule has 1 amide bonds. The Morgan fingerprint density at radius 3 is 2.90 bits per heavy atom. The van der Waals surface area contributed by atoms with Gasteiger partial charge in [-0.15, -0.1) is 0 Å². The first-order valence-electron chi connectivity index (χ1n) is 7.70. The Labute approximate surface area is 127 Å². The van der Waals surface area contributed by atoms with Gasteiger partial charge in [-0.3, -0.25) is 9.79 Å². The van der Waals surface area contributed by atoms with Crippen molar-refractivity contribution >= 4 is 12.1 Å². The van der Waals surface area contributed by atoms with Crippen LogP contribution in [0.3, 0.4) is 0 Å². The van der Waals surface area contributed by atoms with Crippen LogP contribution in [0.2, 0.25) is 0 Å². The number of carbonyl (C=O) groups excluding carboxylic acids is 1. The van der Waals surface area contributed by atoms with Crippen molar-refractivity contribution < 1.29 is 4.79 Å². The zero-order chi connectivity index (χ0) is 15.1. The van der Waals surface area contributed by atoms with Crippen LogP contribution in [0.15, 0.2) is 41.0 Å². The summed E-state index contributed by atoms with van der Waals surface area (Å²) in [6.07, 6.45) is 9.66. The summed E-state index contributed by atoms with van der Waals surface area (Å²) in [5, 5.41) is 0. The standard InChI is InChI=1S/C18H24N2O/c1-15-8-7-9-16(14-15)18(21)20(2)13-11-17-10-5-3-4-6-12-19-17/h7-10,12,14H,3-6,11,13H2,1-2H3. The van der Waals surface area contributed by atoms with Crippen molar-refractivity contribution in [1.29, 1.82) is 0 Å². The number of nitrogens with zero attached hydrogens (tertiary/aromatic N) is 2. The second-order valence-corrected chi connectivity index (χ2v) is 5.64. The molecular formula is C18H24N2O. The summed E-state index contributed by atoms with van der Waals surface area (Å²) in [4.78, 5) is 18.6. The van der Waals surface area contributed by atoms with Gasteiger partial charge in [-0.2, -0.15) is 0 Å². The predicted molar refractivity (Wildman–Crippen MR) is 87.8 cm³/mol. The van der Waals surface area contributed by atoms with Gasteiger partial charge < -0.3 is 4.90 Å². The molecule has 0 radical (unpaired) electrons. The van der Waals surface area contributed by atoms with Crippen LogP contribution in [0.5, 0.6) is 0 Å². The van der Waals surface area contributed by atoms with Crippen molar-refractivity contribution in [1.82, 2.24) is 4.90 Å². The van der Waals surface area contributed by atoms with E-state index >= 15 is 0 Å². The van der Waals surface area contributed by atoms with Crippen LogP contribution in [-0.4, -0.2) is 30.6 Å². The van der Waals surface area contributed by atoms with Crippen molar-refractivity contribution in [3.8, 4) is 0 Å². The molecule has 0 atom stereocenters. The maximum Gasteiger partial charge on any atom is 0.253 e. The molecule has 1 aromatic rings. The monoisotopic (exact) mass is 284 g/mol. The lowest BCUT2D eigenvalue weighted by Crippen LogP contribution is -2.28. The average Bonchev–Trinajstić information content (AvgIpc) is 2.45. The van der Waals surface area contributed by atoms with Crippen molar-refractivity contribution in [3.05, 3.63) is 47.2 Å². The van der Waals surface area contributed by atoms with Crippen LogP contribution in [0.4, 0.5) is 0 Å². The van der Waals surface area contributed by atoms with Gasteiger partial charge in [0.2, 0.25) is 0 Å². The van der Waals surface area contributed by atoms with E-state index in [-0.39, 0.29) is 5.91 Å². The molecule has 0 aliphatic carbocycles. The molecule has 0 saturated carbocycles. The Balaban J connectivity index is 1.91. The average molecular weight is 284 g/mol. The summed E-state index contributed by atoms with van der Waals surface area (Å²) in [6.45, 7) is 2.71. The molecule has 0 fully saturated rings. The zero-order valence-corrected chi connectivity index (χ0v) is 13.0. The van der Waals surface area contributed by atoms with Gasteiger partial charge in [0, 0.05) is 37.5 Å². The largest absolute Gasteiger partial charge is 0.341 e. The van der Waals surface area contributed by atoms with Gasteiger partial charge in [0.25, 0.3) is 5.91 Å². The summed E-state index contributed by atoms with van der Waals surface area (Å²) in [5.41, 5.74) is 2.98. The first-order chi connectivity index (χ1) is 10.2. The van der Waals surface area contributed by atoms with E-state index in [1.165, 1.54) is 12.8 Å². The minimum absolute atomic E-state index is 0.0779. The predicted octanol–water partition coefficient (Wildman–Crippen LogP) is 3.99. The Bertz CT molecular complexity index is 546. The smallest absolute Gasteiger partial charge is 0.253 e. The van der Waals surface area contributed by atoms with Gasteiger partial charge in [0.1, 0.15) is 0 Å². The van der Waals surface area contributed by atoms with Gasteiger partial charge in [0.15, 0.2) is 0 Å². The molecule has 2 rings (SSSR count). The van der Waals surface area contributed by atoms with Crippen LogP contribution in [0.1, 0.15) is 48.0 Å². The molecule has 0 N–H and O–H groups in total. The van der Waals surface area contributed by atoms with E-state index in [4.69, 9.17) is 0 Å². The second kappa shape index (κ2) is 7.77. The highest BCUT2D eigenvalue weighted by Crippen LogP contribution is 2.13. The number of hydrogen-bond donors (Lipinski definition) is 0. The topological polar surface area (TPSA) is 32.7 Å². The third-order valence-electron chi connectivity index (χ3n) is 3.74. The molecule has 0 saturated heterocycles. The molecule has 112 valence electrons. The molecule has 0 aromatic heterocycles. The fourth-order valence-electron chi connectivity index (χ4n) is 2.43. The van der Waals surface area contributed by atoms with Crippen molar-refractivity contribution in [3.63, 3.8) is 0 Å². The molecule has 1 heterocycles. The maximum atomic E-state index is 12.4. The van der Waals surface area contributed by atoms with E-state index in [0.717, 1.165) is 36.1 Å². The summed E-state index contributed by atoms with van der Waals surface area (Å²) in [6, 6.07) is 7.74. The highest BCUT2D eigenvalue weighted by Gasteiger charge is 2.12. The van der Waals surface area contributed by atoms with E-state index in [0.29, 0.717) is 6.54 Å². The fourth-order valence-corrected chi connectivity index (χ4v) is 2.43. The van der Waals surface area contributed by atoms with Gasteiger partial charge in [-0.1, -0.05) is 23.8 Å². The van der Waals surface area contributed by atoms with Crippen LogP contribution >= 0.6 is 0 Å². The molecule has 1 aromatic carbocycles. The second-order valence-electron chi connectivity index (χ2n) is 5.64. The number of carbonyl (C=O) groups is 1. The zero-order valence-electron chi connectivity index (χ0n) is 13.0. The molecular weight excluding hydrogens is 260 g/mol. The van der Waals surface area contributed by atoms with E-state index in [1.807, 2.05) is 44.5 Å². The third kappa shape index (κ3) is 4.85. The molecule has 3 nitrogen and oxygen atoms in total. The molecule has 0 bridgehead atoms. The summed E-state index contributed by atoms with van der Waals surface area (Å²) >= 11 is 0. The van der Waals surface area contributed by atoms with E-state index in [2.05, 4.69) is 11.1 Å². The van der Waals surface area contributed by atoms with Crippen LogP contribution in [0, 0.1) is 6.92 Å². The Morgan fingerprint density at radius 1 is 1.29 bits per heavy atom. The number of aryl methyl sites for hydroxylation is 1. The van der Waals surface area contributed by atoms with Crippen molar-refractivity contribution in [2.45, 2.75) is 39.0 Å². The number of amides is 1. The van der Waals surface area contributed by atoms with E-state index in [9.17, 15) is 4.79 Å². The normalized spacial score (nSPS) is 15.0. The van der Waals surface area contributed by atoms with Crippen LogP contribution < -0.4 is 0 Å². The number of aliphatic imine (C=N–C) groups is 1. The SMILES string of the molecule is Cc1cccc(C(=O)N(C)CCC2=CCCCCC=N2)c1. The minimum Gasteiger partial charge on any atom is -0.341 e. The quantitative estimate of drug-likeness (QED) is 0.823. The number of allylic oxidation sites excluding steroid dienone is 1. The molecule has 3 heteroatoms. The molecule has 0 unspecified atom stereocenters. The van der Waals surface area contributed by atoms with Gasteiger partial charge in [-0.05, 0) is 44.7 Å². The van der Waals surface area contributed by atoms with Crippen LogP contribution in [-0.2, 0) is 0 Å². The summed E-state index contributed by atoms with van der Waals surface area (Å²) in [5.74, 6) is 0.0779. The third-order valence-corrected chi connectivity index (χ3v) is 3.74. The highest BCUT2D eigenvalue weighted by molar-refractivity contribution is 5.94. The molecule has 1 aliphatic heterocycles. The number of rotatable bonds is 4. The minimum atomic E-state index is 0.0779. The Kier molecular flexibility index (Phi) is 5.73. The Hall–Kier alpha value is -1.90. The first-order valence-corrected chi connectivity index (χ1v) is 7.70. The highest BCUT2D eigenvalue weighted by atomic mass is 16.2. The lowest BCUT2D eigenvalue weighted by atomic mass is 10.1. The first kappa shape index (κ1) is 15.5. The number of hydrogen-bond acceptors (Lipinski definition) is 2. The molecule has 1 aliphatic rings. The van der Waals surface area contributed by atoms with E-state index in [1.54, 1.807) is 4.90 Å². The van der Waals surface area contributed by atoms with Crippen LogP contribution in [0.25, 0.3) is 0 Å². The van der Waals surface area contributed by atoms with Gasteiger partial charge >= 0.3 is 0 Å². The van der Waals surface area contributed by atoms with Crippen molar-refractivity contribution in [2.75, 3.05) is 13.6 Å². The molecule has 21 heavy (non-hydrogen) atoms. The van der Waals surface area contributed by atoms with Gasteiger partial charge in [-0.25, -0.2) is 0 Å². The summed E-state index contributed by atoms with van der Waals surface area (Å²) < 4.78 is 0. The lowest BCUT2D eigenvalue weighted by molar-refractivity contribution is 0.0796. The lowest BCUT2D eigenvalue weighted by Gasteiger charge is -2.18. The maximum absolute atomic E-state index is 12.4. The molecule has 0 spiro atoms. The summed E-state index contributed by atoms with van der Waals surface area (Å²) in [7, 11) is 1.86. The van der Waals surface area contributed by atoms with Gasteiger partial charge in [0.05, 0.1) is 0 Å². The van der Waals surface area contributed by atoms with Crippen molar-refractivity contribution in [2.24, 2.45) is 4.99 Å². The Morgan fingerprint density at radius 2 is 2.10 bits per heavy atom. The number of benzene rings is 1. The fraction of sp³-hybridized carbons (Fsp3) is 0.444.